The molecule has 46 heavy (non-hydrogen) atoms. The lowest BCUT2D eigenvalue weighted by Gasteiger charge is -2.17. The van der Waals surface area contributed by atoms with Crippen LogP contribution in [0.4, 0.5) is 0 Å². The molecule has 234 valence electrons. The van der Waals surface area contributed by atoms with Crippen LogP contribution in [0.1, 0.15) is 32.6 Å². The van der Waals surface area contributed by atoms with Crippen molar-refractivity contribution in [2.75, 3.05) is 21.0 Å². The molecular formula is C39H36O7. The van der Waals surface area contributed by atoms with Gasteiger partial charge in [-0.3, -0.25) is 4.79 Å². The van der Waals surface area contributed by atoms with Gasteiger partial charge in [-0.2, -0.15) is 0 Å². The first-order chi connectivity index (χ1) is 22.6. The van der Waals surface area contributed by atoms with Crippen molar-refractivity contribution in [2.45, 2.75) is 19.8 Å². The maximum Gasteiger partial charge on any atom is 0.193 e. The summed E-state index contributed by atoms with van der Waals surface area (Å²) in [6, 6.07) is 38.3. The Balaban J connectivity index is 1.43. The van der Waals surface area contributed by atoms with Crippen LogP contribution in [-0.4, -0.2) is 26.8 Å². The van der Waals surface area contributed by atoms with Gasteiger partial charge in [0.2, 0.25) is 0 Å². The van der Waals surface area contributed by atoms with E-state index in [1.807, 2.05) is 109 Å². The minimum Gasteiger partial charge on any atom is -0.493 e. The van der Waals surface area contributed by atoms with E-state index in [4.69, 9.17) is 28.4 Å². The molecule has 0 aliphatic rings. The average Bonchev–Trinajstić information content (AvgIpc) is 3.11. The zero-order valence-electron chi connectivity index (χ0n) is 25.9. The third-order valence-corrected chi connectivity index (χ3v) is 6.96. The Morgan fingerprint density at radius 3 is 1.63 bits per heavy atom. The van der Waals surface area contributed by atoms with Gasteiger partial charge in [-0.1, -0.05) is 103 Å². The molecule has 0 radical (unpaired) electrons. The molecule has 5 aromatic rings. The van der Waals surface area contributed by atoms with Crippen molar-refractivity contribution in [3.63, 3.8) is 0 Å². The normalized spacial score (nSPS) is 10.8. The second-order valence-electron chi connectivity index (χ2n) is 10.3. The highest BCUT2D eigenvalue weighted by Crippen LogP contribution is 2.36. The van der Waals surface area contributed by atoms with Crippen molar-refractivity contribution >= 4 is 11.9 Å². The molecule has 0 aromatic heterocycles. The van der Waals surface area contributed by atoms with Gasteiger partial charge in [0, 0.05) is 19.2 Å². The highest BCUT2D eigenvalue weighted by Gasteiger charge is 2.21. The molecule has 0 aliphatic heterocycles. The van der Waals surface area contributed by atoms with Gasteiger partial charge < -0.3 is 28.4 Å². The van der Waals surface area contributed by atoms with Crippen molar-refractivity contribution in [3.8, 4) is 28.7 Å². The summed E-state index contributed by atoms with van der Waals surface area (Å²) in [5.74, 6) is 1.96. The summed E-state index contributed by atoms with van der Waals surface area (Å²) in [4.78, 5) is 13.9. The van der Waals surface area contributed by atoms with Crippen molar-refractivity contribution in [1.29, 1.82) is 0 Å². The van der Waals surface area contributed by atoms with Crippen LogP contribution in [0.2, 0.25) is 0 Å². The molecule has 5 rings (SSSR count). The van der Waals surface area contributed by atoms with Crippen LogP contribution in [-0.2, 0) is 24.6 Å². The Hall–Kier alpha value is -5.53. The van der Waals surface area contributed by atoms with E-state index in [1.54, 1.807) is 25.3 Å². The lowest BCUT2D eigenvalue weighted by Crippen LogP contribution is -2.09. The number of hydrogen-bond donors (Lipinski definition) is 0. The Kier molecular flexibility index (Phi) is 11.4. The zero-order valence-corrected chi connectivity index (χ0v) is 25.9. The largest absolute Gasteiger partial charge is 0.493 e. The number of carbonyl (C=O) groups is 1. The quantitative estimate of drug-likeness (QED) is 0.0627. The van der Waals surface area contributed by atoms with Crippen LogP contribution in [0.25, 0.3) is 6.08 Å². The maximum atomic E-state index is 13.9. The fraction of sp³-hybridized carbons (Fsp3) is 0.154. The fourth-order valence-corrected chi connectivity index (χ4v) is 4.62. The van der Waals surface area contributed by atoms with Crippen LogP contribution in [0, 0.1) is 0 Å². The first kappa shape index (κ1) is 31.9. The molecule has 0 spiro atoms. The van der Waals surface area contributed by atoms with E-state index in [9.17, 15) is 4.79 Å². The smallest absolute Gasteiger partial charge is 0.193 e. The molecule has 0 bridgehead atoms. The summed E-state index contributed by atoms with van der Waals surface area (Å²) in [6.45, 7) is 0.897. The third kappa shape index (κ3) is 9.00. The van der Waals surface area contributed by atoms with Crippen LogP contribution < -0.4 is 23.7 Å². The van der Waals surface area contributed by atoms with E-state index in [0.717, 1.165) is 22.3 Å². The molecular weight excluding hydrogens is 580 g/mol. The van der Waals surface area contributed by atoms with Gasteiger partial charge in [-0.15, -0.1) is 0 Å². The van der Waals surface area contributed by atoms with Crippen LogP contribution in [0.5, 0.6) is 28.7 Å². The molecule has 0 amide bonds. The second-order valence-corrected chi connectivity index (χ2v) is 10.3. The Bertz CT molecular complexity index is 1720. The Morgan fingerprint density at radius 1 is 0.565 bits per heavy atom. The van der Waals surface area contributed by atoms with Gasteiger partial charge in [0.25, 0.3) is 0 Å². The Labute approximate surface area is 269 Å². The number of allylic oxidation sites excluding steroid dienone is 1. The third-order valence-electron chi connectivity index (χ3n) is 6.96. The lowest BCUT2D eigenvalue weighted by atomic mass is 10.1. The first-order valence-corrected chi connectivity index (χ1v) is 14.8. The molecule has 5 aromatic carbocycles. The fourth-order valence-electron chi connectivity index (χ4n) is 4.62. The minimum absolute atomic E-state index is 0.0646. The molecule has 7 heteroatoms. The van der Waals surface area contributed by atoms with E-state index in [2.05, 4.69) is 0 Å². The average molecular weight is 617 g/mol. The summed E-state index contributed by atoms with van der Waals surface area (Å²) < 4.78 is 35.0. The molecule has 0 saturated heterocycles. The van der Waals surface area contributed by atoms with Crippen LogP contribution in [0.15, 0.2) is 127 Å². The predicted molar refractivity (Wildman–Crippen MR) is 178 cm³/mol. The molecule has 0 saturated carbocycles. The molecule has 0 heterocycles. The van der Waals surface area contributed by atoms with Gasteiger partial charge in [0.05, 0.1) is 7.11 Å². The number of ether oxygens (including phenoxy) is 6. The number of benzene rings is 5. The molecule has 0 atom stereocenters. The highest BCUT2D eigenvalue weighted by molar-refractivity contribution is 6.10. The van der Waals surface area contributed by atoms with Gasteiger partial charge in [-0.05, 0) is 40.5 Å². The van der Waals surface area contributed by atoms with Gasteiger partial charge in [-0.25, -0.2) is 0 Å². The summed E-state index contributed by atoms with van der Waals surface area (Å²) >= 11 is 0. The van der Waals surface area contributed by atoms with E-state index >= 15 is 0 Å². The molecule has 0 N–H and O–H groups in total. The van der Waals surface area contributed by atoms with Gasteiger partial charge >= 0.3 is 0 Å². The SMILES string of the molecule is COCOc1cc(OCc2ccccc2)cc(OCc2ccccc2)c1C(=O)/C=C/c1ccc(OC)c(OCc2ccccc2)c1. The summed E-state index contributed by atoms with van der Waals surface area (Å²) in [5, 5.41) is 0. The Morgan fingerprint density at radius 2 is 1.09 bits per heavy atom. The monoisotopic (exact) mass is 616 g/mol. The number of methoxy groups -OCH3 is 2. The van der Waals surface area contributed by atoms with Crippen molar-refractivity contribution in [2.24, 2.45) is 0 Å². The summed E-state index contributed by atoms with van der Waals surface area (Å²) in [6.07, 6.45) is 3.20. The lowest BCUT2D eigenvalue weighted by molar-refractivity contribution is 0.0499. The molecule has 0 fully saturated rings. The van der Waals surface area contributed by atoms with E-state index in [-0.39, 0.29) is 30.5 Å². The van der Waals surface area contributed by atoms with Crippen molar-refractivity contribution < 1.29 is 33.2 Å². The highest BCUT2D eigenvalue weighted by atomic mass is 16.7. The van der Waals surface area contributed by atoms with Crippen LogP contribution >= 0.6 is 0 Å². The number of ketones is 1. The van der Waals surface area contributed by atoms with Crippen molar-refractivity contribution in [3.05, 3.63) is 155 Å². The van der Waals surface area contributed by atoms with Gasteiger partial charge in [0.15, 0.2) is 24.1 Å². The molecule has 7 nitrogen and oxygen atoms in total. The predicted octanol–water partition coefficient (Wildman–Crippen LogP) is 8.31. The zero-order chi connectivity index (χ0) is 32.0. The van der Waals surface area contributed by atoms with E-state index in [1.165, 1.54) is 13.2 Å². The van der Waals surface area contributed by atoms with Crippen LogP contribution in [0.3, 0.4) is 0 Å². The standard InChI is InChI=1S/C39H36O7/c1-41-28-46-38-24-33(43-25-30-12-6-3-7-13-30)23-37(45-27-32-16-10-5-11-17-32)39(38)34(40)20-18-29-19-21-35(42-2)36(22-29)44-26-31-14-8-4-9-15-31/h3-24H,25-28H2,1-2H3/b20-18+. The van der Waals surface area contributed by atoms with E-state index in [0.29, 0.717) is 36.2 Å². The minimum atomic E-state index is -0.314. The summed E-state index contributed by atoms with van der Waals surface area (Å²) in [5.41, 5.74) is 4.00. The number of rotatable bonds is 16. The summed E-state index contributed by atoms with van der Waals surface area (Å²) in [7, 11) is 3.11. The van der Waals surface area contributed by atoms with Gasteiger partial charge in [0.1, 0.15) is 42.6 Å². The van der Waals surface area contributed by atoms with E-state index < -0.39 is 0 Å². The maximum absolute atomic E-state index is 13.9. The molecule has 0 unspecified atom stereocenters. The topological polar surface area (TPSA) is 72.5 Å². The first-order valence-electron chi connectivity index (χ1n) is 14.8. The number of hydrogen-bond acceptors (Lipinski definition) is 7. The van der Waals surface area contributed by atoms with Crippen molar-refractivity contribution in [1.82, 2.24) is 0 Å². The second kappa shape index (κ2) is 16.5. The molecule has 0 aliphatic carbocycles. The number of carbonyl (C=O) groups excluding carboxylic acids is 1.